The van der Waals surface area contributed by atoms with Crippen molar-refractivity contribution in [3.63, 3.8) is 0 Å². The summed E-state index contributed by atoms with van der Waals surface area (Å²) in [6, 6.07) is 55.8. The second kappa shape index (κ2) is 10.7. The van der Waals surface area contributed by atoms with E-state index in [1.165, 1.54) is 32.3 Å². The quantitative estimate of drug-likeness (QED) is 0.197. The maximum Gasteiger partial charge on any atom is 0.164 e. The molecule has 4 heteroatoms. The summed E-state index contributed by atoms with van der Waals surface area (Å²) in [6.07, 6.45) is 0. The molecule has 7 aromatic rings. The van der Waals surface area contributed by atoms with Gasteiger partial charge in [-0.05, 0) is 37.8 Å². The summed E-state index contributed by atoms with van der Waals surface area (Å²) in [5.41, 5.74) is 7.90. The number of benzene rings is 6. The molecular weight excluding hydrogens is 551 g/mol. The lowest BCUT2D eigenvalue weighted by Crippen LogP contribution is -2.62. The summed E-state index contributed by atoms with van der Waals surface area (Å²) in [5.74, 6) is 2.00. The van der Waals surface area contributed by atoms with Crippen LogP contribution in [0, 0.1) is 0 Å². The van der Waals surface area contributed by atoms with Crippen molar-refractivity contribution in [3.05, 3.63) is 158 Å². The first-order valence-corrected chi connectivity index (χ1v) is 17.5. The largest absolute Gasteiger partial charge is 0.208 e. The van der Waals surface area contributed by atoms with Crippen LogP contribution in [0.3, 0.4) is 0 Å². The average molecular weight is 580 g/mol. The fraction of sp³-hybridized carbons (Fsp3) is 0.0250. The number of nitrogens with zero attached hydrogens (tertiary/aromatic N) is 3. The van der Waals surface area contributed by atoms with Gasteiger partial charge < -0.3 is 0 Å². The molecule has 0 fully saturated rings. The van der Waals surface area contributed by atoms with Crippen LogP contribution in [-0.2, 0) is 0 Å². The molecule has 6 aromatic carbocycles. The molecule has 1 unspecified atom stereocenters. The van der Waals surface area contributed by atoms with Crippen LogP contribution in [0.15, 0.2) is 158 Å². The highest BCUT2D eigenvalue weighted by molar-refractivity contribution is 7.13. The lowest BCUT2D eigenvalue weighted by Gasteiger charge is -2.26. The maximum atomic E-state index is 5.05. The maximum absolute atomic E-state index is 5.05. The van der Waals surface area contributed by atoms with Crippen LogP contribution in [0.5, 0.6) is 0 Å². The van der Waals surface area contributed by atoms with Crippen molar-refractivity contribution < 1.29 is 0 Å². The van der Waals surface area contributed by atoms with E-state index in [1.807, 2.05) is 60.7 Å². The summed E-state index contributed by atoms with van der Waals surface area (Å²) in [7, 11) is -2.21. The monoisotopic (exact) mass is 579 g/mol. The van der Waals surface area contributed by atoms with Gasteiger partial charge in [-0.15, -0.1) is 0 Å². The first-order chi connectivity index (χ1) is 21.7. The van der Waals surface area contributed by atoms with Crippen molar-refractivity contribution in [2.24, 2.45) is 0 Å². The normalized spacial score (nSPS) is 15.0. The Balaban J connectivity index is 1.32. The lowest BCUT2D eigenvalue weighted by molar-refractivity contribution is 1.07. The Labute approximate surface area is 258 Å². The van der Waals surface area contributed by atoms with Gasteiger partial charge in [-0.1, -0.05) is 164 Å². The van der Waals surface area contributed by atoms with Gasteiger partial charge in [-0.3, -0.25) is 0 Å². The summed E-state index contributed by atoms with van der Waals surface area (Å²) in [6.45, 7) is 2.49. The number of hydrogen-bond acceptors (Lipinski definition) is 3. The van der Waals surface area contributed by atoms with E-state index in [9.17, 15) is 0 Å². The molecule has 0 spiro atoms. The molecule has 1 aliphatic heterocycles. The molecule has 0 saturated carbocycles. The van der Waals surface area contributed by atoms with E-state index in [2.05, 4.69) is 104 Å². The predicted octanol–water partition coefficient (Wildman–Crippen LogP) is 7.62. The third kappa shape index (κ3) is 4.31. The summed E-state index contributed by atoms with van der Waals surface area (Å²) in [5, 5.41) is 4.35. The molecule has 0 bridgehead atoms. The second-order valence-electron chi connectivity index (χ2n) is 11.4. The van der Waals surface area contributed by atoms with Crippen molar-refractivity contribution in [2.75, 3.05) is 0 Å². The number of fused-ring (bicyclic) bond motifs is 3. The van der Waals surface area contributed by atoms with Gasteiger partial charge in [-0.25, -0.2) is 15.0 Å². The highest BCUT2D eigenvalue weighted by Gasteiger charge is 2.43. The molecule has 0 saturated heterocycles. The third-order valence-corrected chi connectivity index (χ3v) is 13.3. The Bertz CT molecular complexity index is 2070. The van der Waals surface area contributed by atoms with E-state index in [-0.39, 0.29) is 0 Å². The fourth-order valence-corrected chi connectivity index (χ4v) is 10.8. The molecule has 0 aliphatic carbocycles. The van der Waals surface area contributed by atoms with Crippen molar-refractivity contribution in [2.45, 2.75) is 6.55 Å². The number of rotatable bonds is 5. The zero-order chi connectivity index (χ0) is 29.5. The minimum atomic E-state index is -2.21. The molecular formula is C40H29N3Si. The van der Waals surface area contributed by atoms with Crippen LogP contribution in [0.2, 0.25) is 6.55 Å². The summed E-state index contributed by atoms with van der Waals surface area (Å²) >= 11 is 0. The molecule has 8 rings (SSSR count). The highest BCUT2D eigenvalue weighted by Crippen LogP contribution is 2.35. The van der Waals surface area contributed by atoms with Crippen LogP contribution in [-0.4, -0.2) is 23.0 Å². The van der Waals surface area contributed by atoms with Crippen LogP contribution in [0.25, 0.3) is 56.4 Å². The van der Waals surface area contributed by atoms with Crippen molar-refractivity contribution in [1.82, 2.24) is 15.0 Å². The standard InChI is InChI=1S/C40H29N3Si/c1-44(31-19-9-4-10-20-31)36-24-14-13-22-33(36)34-26-25-30(27-37(34)44)32-21-11-12-23-35(32)40-42-38(28-15-5-2-6-16-28)41-39(43-40)29-17-7-3-8-18-29/h2-27H,1H3. The predicted molar refractivity (Wildman–Crippen MR) is 184 cm³/mol. The van der Waals surface area contributed by atoms with Crippen molar-refractivity contribution in [3.8, 4) is 56.4 Å². The summed E-state index contributed by atoms with van der Waals surface area (Å²) in [4.78, 5) is 15.0. The first-order valence-electron chi connectivity index (χ1n) is 15.0. The van der Waals surface area contributed by atoms with Gasteiger partial charge in [0, 0.05) is 16.7 Å². The van der Waals surface area contributed by atoms with Gasteiger partial charge in [0.1, 0.15) is 8.07 Å². The molecule has 1 aromatic heterocycles. The minimum absolute atomic E-state index is 0.665. The van der Waals surface area contributed by atoms with Gasteiger partial charge in [0.2, 0.25) is 0 Å². The highest BCUT2D eigenvalue weighted by atomic mass is 28.3. The molecule has 0 N–H and O–H groups in total. The molecule has 1 atom stereocenters. The number of aromatic nitrogens is 3. The van der Waals surface area contributed by atoms with Crippen LogP contribution < -0.4 is 15.6 Å². The molecule has 44 heavy (non-hydrogen) atoms. The Kier molecular flexibility index (Phi) is 6.35. The Hall–Kier alpha value is -5.45. The average Bonchev–Trinajstić information content (AvgIpc) is 3.37. The first kappa shape index (κ1) is 26.2. The topological polar surface area (TPSA) is 38.7 Å². The van der Waals surface area contributed by atoms with Gasteiger partial charge in [-0.2, -0.15) is 0 Å². The molecule has 2 heterocycles. The molecule has 208 valence electrons. The van der Waals surface area contributed by atoms with E-state index in [4.69, 9.17) is 15.0 Å². The molecule has 0 radical (unpaired) electrons. The van der Waals surface area contributed by atoms with Crippen LogP contribution in [0.1, 0.15) is 0 Å². The van der Waals surface area contributed by atoms with E-state index in [1.54, 1.807) is 0 Å². The van der Waals surface area contributed by atoms with Crippen LogP contribution >= 0.6 is 0 Å². The SMILES string of the molecule is C[Si]1(c2ccccc2)c2ccccc2-c2ccc(-c3ccccc3-c3nc(-c4ccccc4)nc(-c4ccccc4)n3)cc21. The summed E-state index contributed by atoms with van der Waals surface area (Å²) < 4.78 is 0. The van der Waals surface area contributed by atoms with Crippen molar-refractivity contribution >= 4 is 23.6 Å². The Morgan fingerprint density at radius 3 is 1.48 bits per heavy atom. The van der Waals surface area contributed by atoms with E-state index < -0.39 is 8.07 Å². The van der Waals surface area contributed by atoms with Gasteiger partial charge in [0.25, 0.3) is 0 Å². The number of hydrogen-bond donors (Lipinski definition) is 0. The van der Waals surface area contributed by atoms with Gasteiger partial charge in [0.05, 0.1) is 0 Å². The van der Waals surface area contributed by atoms with E-state index in [0.29, 0.717) is 17.5 Å². The zero-order valence-corrected chi connectivity index (χ0v) is 25.4. The van der Waals surface area contributed by atoms with Crippen LogP contribution in [0.4, 0.5) is 0 Å². The molecule has 1 aliphatic rings. The Morgan fingerprint density at radius 1 is 0.364 bits per heavy atom. The van der Waals surface area contributed by atoms with Gasteiger partial charge >= 0.3 is 0 Å². The molecule has 0 amide bonds. The van der Waals surface area contributed by atoms with Gasteiger partial charge in [0.15, 0.2) is 17.5 Å². The Morgan fingerprint density at radius 2 is 0.841 bits per heavy atom. The second-order valence-corrected chi connectivity index (χ2v) is 15.3. The smallest absolute Gasteiger partial charge is 0.164 e. The minimum Gasteiger partial charge on any atom is -0.208 e. The zero-order valence-electron chi connectivity index (χ0n) is 24.4. The third-order valence-electron chi connectivity index (χ3n) is 8.84. The lowest BCUT2D eigenvalue weighted by atomic mass is 9.96. The fourth-order valence-electron chi connectivity index (χ4n) is 6.60. The molecule has 3 nitrogen and oxygen atoms in total. The van der Waals surface area contributed by atoms with E-state index in [0.717, 1.165) is 22.3 Å². The van der Waals surface area contributed by atoms with E-state index >= 15 is 0 Å². The van der Waals surface area contributed by atoms with Crippen molar-refractivity contribution in [1.29, 1.82) is 0 Å².